The summed E-state index contributed by atoms with van der Waals surface area (Å²) in [5.41, 5.74) is 2.61. The highest BCUT2D eigenvalue weighted by atomic mass is 35.5. The van der Waals surface area contributed by atoms with E-state index in [2.05, 4.69) is 34.8 Å². The van der Waals surface area contributed by atoms with Crippen molar-refractivity contribution in [3.63, 3.8) is 0 Å². The minimum absolute atomic E-state index is 0.00994. The van der Waals surface area contributed by atoms with E-state index < -0.39 is 15.4 Å². The van der Waals surface area contributed by atoms with Crippen molar-refractivity contribution in [2.45, 2.75) is 25.9 Å². The molecular weight excluding hydrogens is 585 g/mol. The standard InChI is InChI=1S/C29H31Cl2N5O4S/c1-28(2,22-12-20(14-32)26(25(31)13-22)39-11-9-30)21-4-6-24(7-5-21)40-15-23-8-10-33-27(34-23)35-16-29(17-35)18-36(19-29)41(3,37)38/h4-8,10,12-13H,9,11,15-19H2,1-3H3. The smallest absolute Gasteiger partial charge is 0.225 e. The van der Waals surface area contributed by atoms with Crippen LogP contribution < -0.4 is 14.4 Å². The van der Waals surface area contributed by atoms with Crippen LogP contribution in [0.2, 0.25) is 5.02 Å². The number of alkyl halides is 1. The molecule has 3 heterocycles. The molecule has 0 unspecified atom stereocenters. The monoisotopic (exact) mass is 615 g/mol. The summed E-state index contributed by atoms with van der Waals surface area (Å²) in [5, 5.41) is 10.0. The van der Waals surface area contributed by atoms with Crippen LogP contribution in [0.4, 0.5) is 5.95 Å². The fourth-order valence-electron chi connectivity index (χ4n) is 5.27. The van der Waals surface area contributed by atoms with Crippen LogP contribution in [0.15, 0.2) is 48.7 Å². The van der Waals surface area contributed by atoms with E-state index in [0.717, 1.165) is 29.9 Å². The van der Waals surface area contributed by atoms with Gasteiger partial charge in [0.1, 0.15) is 25.0 Å². The lowest BCUT2D eigenvalue weighted by Crippen LogP contribution is -2.73. The van der Waals surface area contributed by atoms with Crippen molar-refractivity contribution < 1.29 is 17.9 Å². The van der Waals surface area contributed by atoms with Gasteiger partial charge in [-0.25, -0.2) is 22.7 Å². The molecule has 0 saturated carbocycles. The van der Waals surface area contributed by atoms with E-state index in [1.54, 1.807) is 12.3 Å². The highest BCUT2D eigenvalue weighted by Gasteiger charge is 2.54. The first kappa shape index (κ1) is 29.4. The molecule has 2 aliphatic rings. The second kappa shape index (κ2) is 11.3. The molecule has 12 heteroatoms. The third-order valence-electron chi connectivity index (χ3n) is 7.70. The van der Waals surface area contributed by atoms with Gasteiger partial charge in [-0.1, -0.05) is 37.6 Å². The molecule has 5 rings (SSSR count). The number of rotatable bonds is 10. The maximum Gasteiger partial charge on any atom is 0.225 e. The average molecular weight is 617 g/mol. The molecule has 41 heavy (non-hydrogen) atoms. The molecule has 2 aromatic carbocycles. The number of benzene rings is 2. The Labute approximate surface area is 250 Å². The van der Waals surface area contributed by atoms with Crippen molar-refractivity contribution in [1.29, 1.82) is 5.26 Å². The predicted molar refractivity (Wildman–Crippen MR) is 158 cm³/mol. The fourth-order valence-corrected chi connectivity index (χ4v) is 6.64. The van der Waals surface area contributed by atoms with E-state index in [4.69, 9.17) is 32.7 Å². The fraction of sp³-hybridized carbons (Fsp3) is 0.414. The maximum absolute atomic E-state index is 11.7. The molecule has 0 atom stereocenters. The molecule has 2 fully saturated rings. The molecule has 0 amide bonds. The van der Waals surface area contributed by atoms with Gasteiger partial charge in [0, 0.05) is 43.2 Å². The Morgan fingerprint density at radius 3 is 2.41 bits per heavy atom. The summed E-state index contributed by atoms with van der Waals surface area (Å²) in [6, 6.07) is 15.4. The van der Waals surface area contributed by atoms with Crippen LogP contribution in [0, 0.1) is 16.7 Å². The third kappa shape index (κ3) is 6.09. The van der Waals surface area contributed by atoms with Crippen LogP contribution in [0.25, 0.3) is 0 Å². The lowest BCUT2D eigenvalue weighted by molar-refractivity contribution is 0.0389. The van der Waals surface area contributed by atoms with E-state index in [1.807, 2.05) is 36.4 Å². The molecule has 3 aromatic rings. The van der Waals surface area contributed by atoms with Gasteiger partial charge in [-0.05, 0) is 41.5 Å². The SMILES string of the molecule is CC(C)(c1ccc(OCc2ccnc(N3CC4(C3)CN(S(C)(=O)=O)C4)n2)cc1)c1cc(Cl)c(OCCCl)c(C#N)c1. The lowest BCUT2D eigenvalue weighted by Gasteiger charge is -2.59. The number of anilines is 1. The second-order valence-electron chi connectivity index (χ2n) is 11.2. The quantitative estimate of drug-likeness (QED) is 0.304. The Morgan fingerprint density at radius 1 is 1.07 bits per heavy atom. The molecular formula is C29H31Cl2N5O4S. The minimum atomic E-state index is -3.13. The summed E-state index contributed by atoms with van der Waals surface area (Å²) in [4.78, 5) is 11.1. The molecule has 216 valence electrons. The number of aromatic nitrogens is 2. The molecule has 0 radical (unpaired) electrons. The van der Waals surface area contributed by atoms with E-state index >= 15 is 0 Å². The Bertz CT molecular complexity index is 1580. The second-order valence-corrected chi connectivity index (χ2v) is 13.9. The summed E-state index contributed by atoms with van der Waals surface area (Å²) in [6.45, 7) is 7.28. The number of sulfonamides is 1. The van der Waals surface area contributed by atoms with Gasteiger partial charge in [-0.3, -0.25) is 0 Å². The Morgan fingerprint density at radius 2 is 1.78 bits per heavy atom. The zero-order valence-corrected chi connectivity index (χ0v) is 25.4. The zero-order chi connectivity index (χ0) is 29.4. The Kier molecular flexibility index (Phi) is 8.09. The van der Waals surface area contributed by atoms with Crippen molar-refractivity contribution in [1.82, 2.24) is 14.3 Å². The number of nitrogens with zero attached hydrogens (tertiary/aromatic N) is 5. The number of nitriles is 1. The highest BCUT2D eigenvalue weighted by molar-refractivity contribution is 7.88. The summed E-state index contributed by atoms with van der Waals surface area (Å²) in [7, 11) is -3.13. The third-order valence-corrected chi connectivity index (χ3v) is 9.33. The lowest BCUT2D eigenvalue weighted by atomic mass is 9.74. The van der Waals surface area contributed by atoms with E-state index in [0.29, 0.717) is 47.0 Å². The van der Waals surface area contributed by atoms with Gasteiger partial charge in [0.05, 0.1) is 28.4 Å². The molecule has 0 aliphatic carbocycles. The molecule has 0 N–H and O–H groups in total. The van der Waals surface area contributed by atoms with Crippen LogP contribution in [0.5, 0.6) is 11.5 Å². The van der Waals surface area contributed by atoms with Crippen LogP contribution >= 0.6 is 23.2 Å². The van der Waals surface area contributed by atoms with Crippen LogP contribution in [-0.4, -0.2) is 67.6 Å². The van der Waals surface area contributed by atoms with Gasteiger partial charge in [0.15, 0.2) is 5.75 Å². The van der Waals surface area contributed by atoms with Gasteiger partial charge in [0.2, 0.25) is 16.0 Å². The van der Waals surface area contributed by atoms with Crippen molar-refractivity contribution in [3.8, 4) is 17.6 Å². The van der Waals surface area contributed by atoms with Gasteiger partial charge in [0.25, 0.3) is 0 Å². The van der Waals surface area contributed by atoms with E-state index in [1.165, 1.54) is 10.6 Å². The molecule has 0 bridgehead atoms. The maximum atomic E-state index is 11.7. The van der Waals surface area contributed by atoms with Crippen molar-refractivity contribution in [2.75, 3.05) is 49.8 Å². The van der Waals surface area contributed by atoms with Crippen LogP contribution in [0.1, 0.15) is 36.2 Å². The largest absolute Gasteiger partial charge is 0.489 e. The normalized spacial score (nSPS) is 16.5. The van der Waals surface area contributed by atoms with Crippen LogP contribution in [-0.2, 0) is 22.0 Å². The molecule has 2 saturated heterocycles. The Balaban J connectivity index is 1.20. The summed E-state index contributed by atoms with van der Waals surface area (Å²) in [6.07, 6.45) is 2.96. The molecule has 1 spiro atoms. The van der Waals surface area contributed by atoms with Crippen molar-refractivity contribution in [3.05, 3.63) is 76.1 Å². The number of hydrogen-bond donors (Lipinski definition) is 0. The first-order valence-electron chi connectivity index (χ1n) is 13.1. The van der Waals surface area contributed by atoms with Gasteiger partial charge < -0.3 is 14.4 Å². The van der Waals surface area contributed by atoms with E-state index in [9.17, 15) is 13.7 Å². The number of ether oxygens (including phenoxy) is 2. The summed E-state index contributed by atoms with van der Waals surface area (Å²) < 4.78 is 36.5. The van der Waals surface area contributed by atoms with E-state index in [-0.39, 0.29) is 18.6 Å². The zero-order valence-electron chi connectivity index (χ0n) is 23.1. The average Bonchev–Trinajstić information content (AvgIpc) is 2.89. The van der Waals surface area contributed by atoms with Gasteiger partial charge >= 0.3 is 0 Å². The predicted octanol–water partition coefficient (Wildman–Crippen LogP) is 4.61. The highest BCUT2D eigenvalue weighted by Crippen LogP contribution is 2.42. The topological polar surface area (TPSA) is 109 Å². The van der Waals surface area contributed by atoms with Gasteiger partial charge in [-0.2, -0.15) is 5.26 Å². The summed E-state index contributed by atoms with van der Waals surface area (Å²) >= 11 is 12.2. The van der Waals surface area contributed by atoms with Crippen LogP contribution in [0.3, 0.4) is 0 Å². The number of hydrogen-bond acceptors (Lipinski definition) is 8. The molecule has 9 nitrogen and oxygen atoms in total. The summed E-state index contributed by atoms with van der Waals surface area (Å²) in [5.74, 6) is 1.97. The minimum Gasteiger partial charge on any atom is -0.489 e. The molecule has 2 aliphatic heterocycles. The first-order valence-corrected chi connectivity index (χ1v) is 15.9. The van der Waals surface area contributed by atoms with Gasteiger partial charge in [-0.15, -0.1) is 11.6 Å². The molecule has 1 aromatic heterocycles. The van der Waals surface area contributed by atoms with Crippen molar-refractivity contribution in [2.24, 2.45) is 5.41 Å². The Hall–Kier alpha value is -3.10. The van der Waals surface area contributed by atoms with Crippen molar-refractivity contribution >= 4 is 39.2 Å². The first-order chi connectivity index (χ1) is 19.4. The number of halogens is 2.